The zero-order valence-electron chi connectivity index (χ0n) is 10.2. The van der Waals surface area contributed by atoms with Gasteiger partial charge in [-0.15, -0.1) is 11.3 Å². The van der Waals surface area contributed by atoms with Crippen LogP contribution in [0, 0.1) is 13.8 Å². The lowest BCUT2D eigenvalue weighted by Crippen LogP contribution is -1.95. The van der Waals surface area contributed by atoms with E-state index in [2.05, 4.69) is 38.1 Å². The quantitative estimate of drug-likeness (QED) is 0.898. The Morgan fingerprint density at radius 2 is 1.88 bits per heavy atom. The van der Waals surface area contributed by atoms with E-state index in [1.807, 2.05) is 6.07 Å². The molecule has 0 saturated heterocycles. The third kappa shape index (κ3) is 3.08. The molecular formula is C14H17NOS. The first-order valence-corrected chi connectivity index (χ1v) is 6.48. The second-order valence-corrected chi connectivity index (χ2v) is 5.38. The summed E-state index contributed by atoms with van der Waals surface area (Å²) in [5.41, 5.74) is 8.02. The summed E-state index contributed by atoms with van der Waals surface area (Å²) >= 11 is 1.71. The topological polar surface area (TPSA) is 35.2 Å². The molecule has 0 amide bonds. The van der Waals surface area contributed by atoms with Crippen molar-refractivity contribution >= 4 is 11.3 Å². The van der Waals surface area contributed by atoms with Gasteiger partial charge in [0.15, 0.2) is 0 Å². The second-order valence-electron chi connectivity index (χ2n) is 4.13. The fourth-order valence-electron chi connectivity index (χ4n) is 1.72. The van der Waals surface area contributed by atoms with Crippen molar-refractivity contribution in [3.63, 3.8) is 0 Å². The van der Waals surface area contributed by atoms with Gasteiger partial charge in [-0.1, -0.05) is 17.7 Å². The summed E-state index contributed by atoms with van der Waals surface area (Å²) in [6.45, 7) is 5.38. The molecule has 17 heavy (non-hydrogen) atoms. The molecule has 1 heterocycles. The van der Waals surface area contributed by atoms with Gasteiger partial charge in [-0.2, -0.15) is 0 Å². The summed E-state index contributed by atoms with van der Waals surface area (Å²) in [4.78, 5) is 2.41. The Balaban J connectivity index is 2.02. The molecule has 1 aromatic heterocycles. The summed E-state index contributed by atoms with van der Waals surface area (Å²) in [6, 6.07) is 10.4. The van der Waals surface area contributed by atoms with E-state index in [1.165, 1.54) is 20.9 Å². The summed E-state index contributed by atoms with van der Waals surface area (Å²) in [6.07, 6.45) is 0. The molecule has 0 spiro atoms. The monoisotopic (exact) mass is 247 g/mol. The standard InChI is InChI=1S/C14H17NOS/c1-10-3-6-14(11(2)7-10)16-9-13-5-4-12(8-15)17-13/h3-7H,8-9,15H2,1-2H3. The third-order valence-electron chi connectivity index (χ3n) is 2.62. The summed E-state index contributed by atoms with van der Waals surface area (Å²) in [5.74, 6) is 0.957. The Bertz CT molecular complexity index is 505. The molecule has 0 unspecified atom stereocenters. The van der Waals surface area contributed by atoms with Gasteiger partial charge in [0.25, 0.3) is 0 Å². The molecule has 2 N–H and O–H groups in total. The third-order valence-corrected chi connectivity index (χ3v) is 3.70. The zero-order valence-corrected chi connectivity index (χ0v) is 11.0. The van der Waals surface area contributed by atoms with Gasteiger partial charge >= 0.3 is 0 Å². The van der Waals surface area contributed by atoms with Gasteiger partial charge in [0.05, 0.1) is 0 Å². The maximum Gasteiger partial charge on any atom is 0.122 e. The number of benzene rings is 1. The number of hydrogen-bond acceptors (Lipinski definition) is 3. The predicted octanol–water partition coefficient (Wildman–Crippen LogP) is 3.40. The average molecular weight is 247 g/mol. The summed E-state index contributed by atoms with van der Waals surface area (Å²) in [5, 5.41) is 0. The molecule has 0 atom stereocenters. The first-order valence-electron chi connectivity index (χ1n) is 5.67. The largest absolute Gasteiger partial charge is 0.488 e. The molecule has 0 fully saturated rings. The van der Waals surface area contributed by atoms with Gasteiger partial charge in [-0.3, -0.25) is 0 Å². The number of aryl methyl sites for hydroxylation is 2. The van der Waals surface area contributed by atoms with Gasteiger partial charge in [-0.05, 0) is 37.6 Å². The van der Waals surface area contributed by atoms with Crippen LogP contribution < -0.4 is 10.5 Å². The van der Waals surface area contributed by atoms with Crippen LogP contribution in [-0.2, 0) is 13.2 Å². The summed E-state index contributed by atoms with van der Waals surface area (Å²) in [7, 11) is 0. The minimum Gasteiger partial charge on any atom is -0.488 e. The van der Waals surface area contributed by atoms with Gasteiger partial charge < -0.3 is 10.5 Å². The van der Waals surface area contributed by atoms with E-state index < -0.39 is 0 Å². The SMILES string of the molecule is Cc1ccc(OCc2ccc(CN)s2)c(C)c1. The van der Waals surface area contributed by atoms with Gasteiger partial charge in [0, 0.05) is 16.3 Å². The van der Waals surface area contributed by atoms with Crippen LogP contribution in [-0.4, -0.2) is 0 Å². The molecule has 3 heteroatoms. The number of nitrogens with two attached hydrogens (primary N) is 1. The molecular weight excluding hydrogens is 230 g/mol. The van der Waals surface area contributed by atoms with Crippen LogP contribution in [0.25, 0.3) is 0 Å². The summed E-state index contributed by atoms with van der Waals surface area (Å²) < 4.78 is 5.81. The fraction of sp³-hybridized carbons (Fsp3) is 0.286. The van der Waals surface area contributed by atoms with E-state index in [0.29, 0.717) is 13.2 Å². The van der Waals surface area contributed by atoms with Crippen molar-refractivity contribution in [2.75, 3.05) is 0 Å². The van der Waals surface area contributed by atoms with E-state index in [4.69, 9.17) is 10.5 Å². The van der Waals surface area contributed by atoms with E-state index in [-0.39, 0.29) is 0 Å². The Labute approximate surface area is 106 Å². The number of thiophene rings is 1. The molecule has 0 aliphatic heterocycles. The van der Waals surface area contributed by atoms with Crippen molar-refractivity contribution in [3.8, 4) is 5.75 Å². The second kappa shape index (κ2) is 5.34. The molecule has 0 radical (unpaired) electrons. The molecule has 0 aliphatic carbocycles. The average Bonchev–Trinajstić information content (AvgIpc) is 2.76. The molecule has 2 aromatic rings. The molecule has 0 aliphatic rings. The van der Waals surface area contributed by atoms with E-state index >= 15 is 0 Å². The maximum absolute atomic E-state index is 5.81. The zero-order chi connectivity index (χ0) is 12.3. The van der Waals surface area contributed by atoms with Crippen LogP contribution in [0.1, 0.15) is 20.9 Å². The molecule has 0 saturated carbocycles. The number of hydrogen-bond donors (Lipinski definition) is 1. The lowest BCUT2D eigenvalue weighted by atomic mass is 10.1. The van der Waals surface area contributed by atoms with Crippen LogP contribution in [0.3, 0.4) is 0 Å². The maximum atomic E-state index is 5.81. The van der Waals surface area contributed by atoms with E-state index in [9.17, 15) is 0 Å². The Kier molecular flexibility index (Phi) is 3.82. The Morgan fingerprint density at radius 3 is 2.53 bits per heavy atom. The molecule has 1 aromatic carbocycles. The predicted molar refractivity (Wildman–Crippen MR) is 72.5 cm³/mol. The first kappa shape index (κ1) is 12.1. The minimum atomic E-state index is 0.605. The smallest absolute Gasteiger partial charge is 0.122 e. The van der Waals surface area contributed by atoms with Crippen molar-refractivity contribution in [1.82, 2.24) is 0 Å². The van der Waals surface area contributed by atoms with Crippen LogP contribution in [0.5, 0.6) is 5.75 Å². The number of ether oxygens (including phenoxy) is 1. The molecule has 0 bridgehead atoms. The highest BCUT2D eigenvalue weighted by atomic mass is 32.1. The van der Waals surface area contributed by atoms with Crippen molar-refractivity contribution < 1.29 is 4.74 Å². The fourth-order valence-corrected chi connectivity index (χ4v) is 2.53. The van der Waals surface area contributed by atoms with Gasteiger partial charge in [0.2, 0.25) is 0 Å². The van der Waals surface area contributed by atoms with Crippen LogP contribution in [0.4, 0.5) is 0 Å². The van der Waals surface area contributed by atoms with Crippen molar-refractivity contribution in [2.45, 2.75) is 27.0 Å². The molecule has 2 nitrogen and oxygen atoms in total. The van der Waals surface area contributed by atoms with Crippen LogP contribution >= 0.6 is 11.3 Å². The van der Waals surface area contributed by atoms with E-state index in [0.717, 1.165) is 5.75 Å². The minimum absolute atomic E-state index is 0.605. The lowest BCUT2D eigenvalue weighted by molar-refractivity contribution is 0.307. The van der Waals surface area contributed by atoms with Crippen molar-refractivity contribution in [3.05, 3.63) is 51.2 Å². The van der Waals surface area contributed by atoms with Gasteiger partial charge in [-0.25, -0.2) is 0 Å². The van der Waals surface area contributed by atoms with Crippen molar-refractivity contribution in [1.29, 1.82) is 0 Å². The van der Waals surface area contributed by atoms with Crippen LogP contribution in [0.2, 0.25) is 0 Å². The normalized spacial score (nSPS) is 10.5. The van der Waals surface area contributed by atoms with Gasteiger partial charge in [0.1, 0.15) is 12.4 Å². The Morgan fingerprint density at radius 1 is 1.12 bits per heavy atom. The lowest BCUT2D eigenvalue weighted by Gasteiger charge is -2.08. The molecule has 90 valence electrons. The highest BCUT2D eigenvalue weighted by Gasteiger charge is 2.02. The van der Waals surface area contributed by atoms with E-state index in [1.54, 1.807) is 11.3 Å². The Hall–Kier alpha value is -1.32. The van der Waals surface area contributed by atoms with Crippen molar-refractivity contribution in [2.24, 2.45) is 5.73 Å². The highest BCUT2D eigenvalue weighted by Crippen LogP contribution is 2.22. The molecule has 2 rings (SSSR count). The van der Waals surface area contributed by atoms with Crippen LogP contribution in [0.15, 0.2) is 30.3 Å². The number of rotatable bonds is 4. The first-order chi connectivity index (χ1) is 8.19. The highest BCUT2D eigenvalue weighted by molar-refractivity contribution is 7.11.